The van der Waals surface area contributed by atoms with E-state index in [1.165, 1.54) is 0 Å². The number of ether oxygens (including phenoxy) is 1. The molecule has 1 aliphatic rings. The van der Waals surface area contributed by atoms with Crippen molar-refractivity contribution in [1.82, 2.24) is 5.32 Å². The zero-order valence-electron chi connectivity index (χ0n) is 12.5. The quantitative estimate of drug-likeness (QED) is 0.761. The van der Waals surface area contributed by atoms with Gasteiger partial charge < -0.3 is 15.2 Å². The van der Waals surface area contributed by atoms with Crippen LogP contribution < -0.4 is 5.32 Å². The predicted molar refractivity (Wildman–Crippen MR) is 76.4 cm³/mol. The molecule has 114 valence electrons. The molecule has 0 heterocycles. The molecule has 1 saturated carbocycles. The van der Waals surface area contributed by atoms with E-state index in [4.69, 9.17) is 4.74 Å². The summed E-state index contributed by atoms with van der Waals surface area (Å²) in [5.74, 6) is -0.750. The lowest BCUT2D eigenvalue weighted by Gasteiger charge is -2.28. The summed E-state index contributed by atoms with van der Waals surface area (Å²) in [6.45, 7) is 9.01. The SMILES string of the molecule is C=CC[C@H]1CCC[C@@H]1OC(=O)N[C@H](C(=O)O)C(C)(C)C. The van der Waals surface area contributed by atoms with E-state index in [0.29, 0.717) is 5.92 Å². The summed E-state index contributed by atoms with van der Waals surface area (Å²) in [7, 11) is 0. The smallest absolute Gasteiger partial charge is 0.408 e. The Bertz CT molecular complexity index is 373. The lowest BCUT2D eigenvalue weighted by molar-refractivity contribution is -0.142. The Morgan fingerprint density at radius 1 is 1.45 bits per heavy atom. The molecule has 0 spiro atoms. The maximum atomic E-state index is 11.9. The Labute approximate surface area is 120 Å². The van der Waals surface area contributed by atoms with Gasteiger partial charge in [0, 0.05) is 0 Å². The summed E-state index contributed by atoms with van der Waals surface area (Å²) in [5.41, 5.74) is -0.568. The molecule has 1 fully saturated rings. The zero-order chi connectivity index (χ0) is 15.3. The van der Waals surface area contributed by atoms with Crippen molar-refractivity contribution in [2.45, 2.75) is 58.6 Å². The summed E-state index contributed by atoms with van der Waals surface area (Å²) < 4.78 is 5.39. The van der Waals surface area contributed by atoms with E-state index < -0.39 is 23.5 Å². The average Bonchev–Trinajstić information content (AvgIpc) is 2.72. The molecule has 5 nitrogen and oxygen atoms in total. The first kappa shape index (κ1) is 16.5. The molecule has 0 unspecified atom stereocenters. The molecule has 0 aliphatic heterocycles. The second kappa shape index (κ2) is 6.77. The van der Waals surface area contributed by atoms with Crippen molar-refractivity contribution >= 4 is 12.1 Å². The third-order valence-corrected chi connectivity index (χ3v) is 3.69. The van der Waals surface area contributed by atoms with E-state index in [0.717, 1.165) is 25.7 Å². The first-order valence-corrected chi connectivity index (χ1v) is 7.06. The lowest BCUT2D eigenvalue weighted by atomic mass is 9.87. The van der Waals surface area contributed by atoms with E-state index in [2.05, 4.69) is 11.9 Å². The number of hydrogen-bond donors (Lipinski definition) is 2. The van der Waals surface area contributed by atoms with Gasteiger partial charge in [0.15, 0.2) is 0 Å². The summed E-state index contributed by atoms with van der Waals surface area (Å²) >= 11 is 0. The number of alkyl carbamates (subject to hydrolysis) is 1. The van der Waals surface area contributed by atoms with Crippen LogP contribution in [0.5, 0.6) is 0 Å². The summed E-state index contributed by atoms with van der Waals surface area (Å²) in [4.78, 5) is 23.1. The van der Waals surface area contributed by atoms with Crippen molar-refractivity contribution in [2.75, 3.05) is 0 Å². The minimum Gasteiger partial charge on any atom is -0.480 e. The van der Waals surface area contributed by atoms with Crippen LogP contribution >= 0.6 is 0 Å². The van der Waals surface area contributed by atoms with E-state index in [-0.39, 0.29) is 6.10 Å². The van der Waals surface area contributed by atoms with Gasteiger partial charge in [-0.1, -0.05) is 26.8 Å². The Morgan fingerprint density at radius 2 is 2.10 bits per heavy atom. The van der Waals surface area contributed by atoms with Gasteiger partial charge in [0.25, 0.3) is 0 Å². The number of carbonyl (C=O) groups excluding carboxylic acids is 1. The molecule has 2 N–H and O–H groups in total. The third-order valence-electron chi connectivity index (χ3n) is 3.69. The van der Waals surface area contributed by atoms with Gasteiger partial charge in [0.2, 0.25) is 0 Å². The minimum absolute atomic E-state index is 0.137. The maximum absolute atomic E-state index is 11.9. The van der Waals surface area contributed by atoms with Gasteiger partial charge in [-0.2, -0.15) is 0 Å². The third kappa shape index (κ3) is 4.54. The molecular formula is C15H25NO4. The largest absolute Gasteiger partial charge is 0.480 e. The second-order valence-electron chi connectivity index (χ2n) is 6.44. The Kier molecular flexibility index (Phi) is 5.60. The molecule has 1 aliphatic carbocycles. The Balaban J connectivity index is 2.58. The fraction of sp³-hybridized carbons (Fsp3) is 0.733. The van der Waals surface area contributed by atoms with E-state index in [1.54, 1.807) is 20.8 Å². The van der Waals surface area contributed by atoms with Crippen molar-refractivity contribution in [2.24, 2.45) is 11.3 Å². The zero-order valence-corrected chi connectivity index (χ0v) is 12.5. The van der Waals surface area contributed by atoms with Crippen molar-refractivity contribution < 1.29 is 19.4 Å². The van der Waals surface area contributed by atoms with Crippen LogP contribution in [0.15, 0.2) is 12.7 Å². The van der Waals surface area contributed by atoms with E-state index in [1.807, 2.05) is 6.08 Å². The highest BCUT2D eigenvalue weighted by molar-refractivity contribution is 5.80. The number of hydrogen-bond acceptors (Lipinski definition) is 3. The van der Waals surface area contributed by atoms with Crippen molar-refractivity contribution in [3.05, 3.63) is 12.7 Å². The van der Waals surface area contributed by atoms with Gasteiger partial charge >= 0.3 is 12.1 Å². The molecule has 20 heavy (non-hydrogen) atoms. The topological polar surface area (TPSA) is 75.6 Å². The number of allylic oxidation sites excluding steroid dienone is 1. The van der Waals surface area contributed by atoms with Crippen LogP contribution in [-0.2, 0) is 9.53 Å². The van der Waals surface area contributed by atoms with Crippen LogP contribution in [0.4, 0.5) is 4.79 Å². The molecule has 0 aromatic heterocycles. The van der Waals surface area contributed by atoms with Crippen LogP contribution in [0, 0.1) is 11.3 Å². The van der Waals surface area contributed by atoms with Crippen LogP contribution in [0.2, 0.25) is 0 Å². The predicted octanol–water partition coefficient (Wildman–Crippen LogP) is 2.96. The molecule has 1 rings (SSSR count). The molecule has 0 aromatic rings. The molecule has 1 amide bonds. The Hall–Kier alpha value is -1.52. The molecule has 0 aromatic carbocycles. The highest BCUT2D eigenvalue weighted by Gasteiger charge is 2.35. The fourth-order valence-electron chi connectivity index (χ4n) is 2.58. The van der Waals surface area contributed by atoms with Crippen LogP contribution in [0.1, 0.15) is 46.5 Å². The number of rotatable bonds is 5. The number of amides is 1. The number of carboxylic acid groups (broad SMARTS) is 1. The molecular weight excluding hydrogens is 258 g/mol. The van der Waals surface area contributed by atoms with Crippen LogP contribution in [0.25, 0.3) is 0 Å². The lowest BCUT2D eigenvalue weighted by Crippen LogP contribution is -2.50. The van der Waals surface area contributed by atoms with Gasteiger partial charge in [0.1, 0.15) is 12.1 Å². The Morgan fingerprint density at radius 3 is 2.60 bits per heavy atom. The molecule has 5 heteroatoms. The molecule has 0 saturated heterocycles. The minimum atomic E-state index is -1.05. The van der Waals surface area contributed by atoms with Gasteiger partial charge in [-0.25, -0.2) is 9.59 Å². The standard InChI is InChI=1S/C15H25NO4/c1-5-7-10-8-6-9-11(10)20-14(19)16-12(13(17)18)15(2,3)4/h5,10-12H,1,6-9H2,2-4H3,(H,16,19)(H,17,18)/t10-,11-,12+/m0/s1. The van der Waals surface area contributed by atoms with Crippen molar-refractivity contribution in [3.8, 4) is 0 Å². The highest BCUT2D eigenvalue weighted by Crippen LogP contribution is 2.31. The second-order valence-corrected chi connectivity index (χ2v) is 6.44. The summed E-state index contributed by atoms with van der Waals surface area (Å²) in [6.07, 6.45) is 4.75. The first-order chi connectivity index (χ1) is 9.25. The fourth-order valence-corrected chi connectivity index (χ4v) is 2.58. The van der Waals surface area contributed by atoms with Crippen molar-refractivity contribution in [3.63, 3.8) is 0 Å². The monoisotopic (exact) mass is 283 g/mol. The normalized spacial score (nSPS) is 23.9. The summed E-state index contributed by atoms with van der Waals surface area (Å²) in [6, 6.07) is -0.964. The maximum Gasteiger partial charge on any atom is 0.408 e. The molecule has 0 bridgehead atoms. The molecule has 3 atom stereocenters. The van der Waals surface area contributed by atoms with Crippen LogP contribution in [-0.4, -0.2) is 29.3 Å². The number of aliphatic carboxylic acids is 1. The highest BCUT2D eigenvalue weighted by atomic mass is 16.6. The number of nitrogens with one attached hydrogen (secondary N) is 1. The molecule has 0 radical (unpaired) electrons. The van der Waals surface area contributed by atoms with E-state index >= 15 is 0 Å². The first-order valence-electron chi connectivity index (χ1n) is 7.06. The van der Waals surface area contributed by atoms with E-state index in [9.17, 15) is 14.7 Å². The van der Waals surface area contributed by atoms with Crippen molar-refractivity contribution in [1.29, 1.82) is 0 Å². The van der Waals surface area contributed by atoms with Gasteiger partial charge in [-0.15, -0.1) is 6.58 Å². The number of carboxylic acids is 1. The summed E-state index contributed by atoms with van der Waals surface area (Å²) in [5, 5.41) is 11.6. The number of carbonyl (C=O) groups is 2. The van der Waals surface area contributed by atoms with Gasteiger partial charge in [-0.05, 0) is 37.0 Å². The average molecular weight is 283 g/mol. The van der Waals surface area contributed by atoms with Gasteiger partial charge in [-0.3, -0.25) is 0 Å². The van der Waals surface area contributed by atoms with Gasteiger partial charge in [0.05, 0.1) is 0 Å². The van der Waals surface area contributed by atoms with Crippen LogP contribution in [0.3, 0.4) is 0 Å².